The summed E-state index contributed by atoms with van der Waals surface area (Å²) < 4.78 is 48.3. The molecule has 0 aliphatic rings. The molecule has 0 N–H and O–H groups in total. The number of hydrogen-bond donors (Lipinski definition) is 0. The fourth-order valence-corrected chi connectivity index (χ4v) is 4.49. The quantitative estimate of drug-likeness (QED) is 0.265. The lowest BCUT2D eigenvalue weighted by Gasteiger charge is -2.18. The van der Waals surface area contributed by atoms with Crippen LogP contribution in [0.2, 0.25) is 0 Å². The van der Waals surface area contributed by atoms with Gasteiger partial charge in [0.1, 0.15) is 11.5 Å². The van der Waals surface area contributed by atoms with Crippen molar-refractivity contribution in [1.29, 1.82) is 0 Å². The first-order chi connectivity index (χ1) is 16.7. The Labute approximate surface area is 203 Å². The van der Waals surface area contributed by atoms with E-state index in [0.29, 0.717) is 29.2 Å². The molecule has 0 aliphatic heterocycles. The van der Waals surface area contributed by atoms with E-state index in [1.54, 1.807) is 36.4 Å². The first-order valence-electron chi connectivity index (χ1n) is 10.7. The maximum atomic E-state index is 13.8. The molecule has 0 saturated heterocycles. The number of benzene rings is 2. The number of thiazole rings is 1. The molecule has 178 valence electrons. The summed E-state index contributed by atoms with van der Waals surface area (Å²) in [5, 5.41) is 0.867. The molecule has 0 bridgehead atoms. The van der Waals surface area contributed by atoms with Crippen LogP contribution in [-0.2, 0) is 19.1 Å². The van der Waals surface area contributed by atoms with Crippen LogP contribution in [0.5, 0.6) is 11.5 Å². The van der Waals surface area contributed by atoms with Crippen LogP contribution in [0, 0.1) is 13.5 Å². The summed E-state index contributed by atoms with van der Waals surface area (Å²) in [4.78, 5) is 21.5. The smallest absolute Gasteiger partial charge is 0.407 e. The lowest BCUT2D eigenvalue weighted by molar-refractivity contribution is -0.136. The summed E-state index contributed by atoms with van der Waals surface area (Å²) in [6.07, 6.45) is -4.15. The molecular weight excluding hydrogens is 475 g/mol. The zero-order chi connectivity index (χ0) is 25.2. The molecule has 0 fully saturated rings. The first kappa shape index (κ1) is 24.2. The van der Waals surface area contributed by atoms with Crippen LogP contribution in [-0.4, -0.2) is 9.55 Å². The molecule has 0 unspecified atom stereocenters. The Kier molecular flexibility index (Phi) is 6.76. The maximum absolute atomic E-state index is 13.8. The van der Waals surface area contributed by atoms with Gasteiger partial charge in [0.2, 0.25) is 0 Å². The van der Waals surface area contributed by atoms with Crippen molar-refractivity contribution in [2.45, 2.75) is 33.0 Å². The number of alkyl halides is 3. The van der Waals surface area contributed by atoms with Crippen molar-refractivity contribution in [3.63, 3.8) is 0 Å². The minimum absolute atomic E-state index is 0.0422. The number of hydrogen-bond acceptors (Lipinski definition) is 4. The summed E-state index contributed by atoms with van der Waals surface area (Å²) in [5.74, 6) is 1.11. The number of aromatic nitrogens is 2. The van der Waals surface area contributed by atoms with Crippen molar-refractivity contribution in [3.8, 4) is 22.8 Å². The zero-order valence-electron chi connectivity index (χ0n) is 18.9. The van der Waals surface area contributed by atoms with E-state index in [1.807, 2.05) is 32.0 Å². The Bertz CT molecular complexity index is 1450. The molecule has 0 aliphatic carbocycles. The Hall–Kier alpha value is -3.90. The lowest BCUT2D eigenvalue weighted by atomic mass is 10.1. The number of aryl methyl sites for hydroxylation is 2. The van der Waals surface area contributed by atoms with Crippen molar-refractivity contribution in [2.75, 3.05) is 0 Å². The molecule has 2 heterocycles. The molecule has 35 heavy (non-hydrogen) atoms. The Balaban J connectivity index is 1.84. The largest absolute Gasteiger partial charge is 0.457 e. The topological polar surface area (TPSA) is 48.5 Å². The number of para-hydroxylation sites is 1. The average molecular weight is 496 g/mol. The van der Waals surface area contributed by atoms with E-state index in [-0.39, 0.29) is 12.2 Å². The minimum atomic E-state index is -4.85. The van der Waals surface area contributed by atoms with Gasteiger partial charge in [-0.3, -0.25) is 4.79 Å². The summed E-state index contributed by atoms with van der Waals surface area (Å²) in [7, 11) is 0. The van der Waals surface area contributed by atoms with Gasteiger partial charge < -0.3 is 9.30 Å². The molecule has 0 spiro atoms. The SMILES string of the molecule is [C-]#[N+]c1c(C(F)(F)F)cc(-c2ccc(Oc3ccccc3)cc2)n(Cc2nc(CC)sc2C)c1=O. The Morgan fingerprint density at radius 2 is 1.74 bits per heavy atom. The second-order valence-electron chi connectivity index (χ2n) is 7.70. The normalized spacial score (nSPS) is 11.3. The predicted molar refractivity (Wildman–Crippen MR) is 129 cm³/mol. The van der Waals surface area contributed by atoms with Gasteiger partial charge in [-0.05, 0) is 61.4 Å². The van der Waals surface area contributed by atoms with E-state index in [2.05, 4.69) is 9.83 Å². The highest BCUT2D eigenvalue weighted by Gasteiger charge is 2.36. The monoisotopic (exact) mass is 495 g/mol. The van der Waals surface area contributed by atoms with E-state index < -0.39 is 23.0 Å². The maximum Gasteiger partial charge on any atom is 0.407 e. The highest BCUT2D eigenvalue weighted by molar-refractivity contribution is 7.11. The van der Waals surface area contributed by atoms with Crippen molar-refractivity contribution in [2.24, 2.45) is 0 Å². The molecule has 5 nitrogen and oxygen atoms in total. The molecule has 0 amide bonds. The average Bonchev–Trinajstić information content (AvgIpc) is 3.20. The minimum Gasteiger partial charge on any atom is -0.457 e. The number of nitrogens with zero attached hydrogens (tertiary/aromatic N) is 3. The van der Waals surface area contributed by atoms with Gasteiger partial charge in [0, 0.05) is 10.6 Å². The summed E-state index contributed by atoms with van der Waals surface area (Å²) in [5.41, 5.74) is -2.18. The molecule has 0 atom stereocenters. The van der Waals surface area contributed by atoms with Gasteiger partial charge in [0.15, 0.2) is 0 Å². The van der Waals surface area contributed by atoms with Gasteiger partial charge in [0.25, 0.3) is 11.2 Å². The first-order valence-corrected chi connectivity index (χ1v) is 11.5. The van der Waals surface area contributed by atoms with Gasteiger partial charge in [-0.15, -0.1) is 11.3 Å². The molecule has 0 radical (unpaired) electrons. The number of pyridine rings is 1. The van der Waals surface area contributed by atoms with Crippen LogP contribution < -0.4 is 10.3 Å². The van der Waals surface area contributed by atoms with Crippen LogP contribution in [0.15, 0.2) is 65.5 Å². The third-order valence-corrected chi connectivity index (χ3v) is 6.53. The summed E-state index contributed by atoms with van der Waals surface area (Å²) in [6, 6.07) is 16.4. The predicted octanol–water partition coefficient (Wildman–Crippen LogP) is 7.25. The van der Waals surface area contributed by atoms with Crippen LogP contribution in [0.3, 0.4) is 0 Å². The third kappa shape index (κ3) is 5.12. The highest BCUT2D eigenvalue weighted by atomic mass is 32.1. The zero-order valence-corrected chi connectivity index (χ0v) is 19.7. The number of rotatable bonds is 6. The molecule has 2 aromatic carbocycles. The van der Waals surface area contributed by atoms with Crippen molar-refractivity contribution >= 4 is 17.0 Å². The standard InChI is InChI=1S/C26H20F3N3O2S/c1-4-23-31-21(16(2)35-23)15-32-22(14-20(26(27,28)29)24(30-3)25(32)33)17-10-12-19(13-11-17)34-18-8-6-5-7-9-18/h5-14H,4,15H2,1-2H3. The molecule has 9 heteroatoms. The van der Waals surface area contributed by atoms with E-state index >= 15 is 0 Å². The van der Waals surface area contributed by atoms with Crippen LogP contribution >= 0.6 is 11.3 Å². The third-order valence-electron chi connectivity index (χ3n) is 5.37. The highest BCUT2D eigenvalue weighted by Crippen LogP contribution is 2.37. The van der Waals surface area contributed by atoms with Crippen LogP contribution in [0.4, 0.5) is 18.9 Å². The Morgan fingerprint density at radius 3 is 2.31 bits per heavy atom. The van der Waals surface area contributed by atoms with Gasteiger partial charge >= 0.3 is 6.18 Å². The van der Waals surface area contributed by atoms with Crippen LogP contribution in [0.1, 0.15) is 28.1 Å². The van der Waals surface area contributed by atoms with Crippen LogP contribution in [0.25, 0.3) is 16.1 Å². The van der Waals surface area contributed by atoms with E-state index in [1.165, 1.54) is 15.9 Å². The summed E-state index contributed by atoms with van der Waals surface area (Å²) >= 11 is 1.48. The molecule has 0 saturated carbocycles. The van der Waals surface area contributed by atoms with E-state index in [4.69, 9.17) is 11.3 Å². The molecule has 2 aromatic heterocycles. The molecule has 4 rings (SSSR count). The molecule has 4 aromatic rings. The van der Waals surface area contributed by atoms with Gasteiger partial charge in [-0.25, -0.2) is 9.83 Å². The lowest BCUT2D eigenvalue weighted by Crippen LogP contribution is -2.25. The fourth-order valence-electron chi connectivity index (χ4n) is 3.61. The van der Waals surface area contributed by atoms with Crippen molar-refractivity contribution in [1.82, 2.24) is 9.55 Å². The van der Waals surface area contributed by atoms with Gasteiger partial charge in [-0.2, -0.15) is 13.2 Å². The van der Waals surface area contributed by atoms with Gasteiger partial charge in [-0.1, -0.05) is 25.1 Å². The molecular formula is C26H20F3N3O2S. The number of halogens is 3. The van der Waals surface area contributed by atoms with E-state index in [9.17, 15) is 18.0 Å². The summed E-state index contributed by atoms with van der Waals surface area (Å²) in [6.45, 7) is 11.0. The Morgan fingerprint density at radius 1 is 1.09 bits per heavy atom. The fraction of sp³-hybridized carbons (Fsp3) is 0.192. The van der Waals surface area contributed by atoms with Gasteiger partial charge in [0.05, 0.1) is 29.4 Å². The second kappa shape index (κ2) is 9.76. The van der Waals surface area contributed by atoms with Crippen molar-refractivity contribution in [3.05, 3.63) is 104 Å². The number of ether oxygens (including phenoxy) is 1. The van der Waals surface area contributed by atoms with E-state index in [0.717, 1.165) is 16.0 Å². The van der Waals surface area contributed by atoms with Crippen molar-refractivity contribution < 1.29 is 17.9 Å². The second-order valence-corrected chi connectivity index (χ2v) is 8.98.